The smallest absolute Gasteiger partial charge is 0.246 e. The van der Waals surface area contributed by atoms with E-state index in [1.807, 2.05) is 0 Å². The summed E-state index contributed by atoms with van der Waals surface area (Å²) in [6, 6.07) is 0. The summed E-state index contributed by atoms with van der Waals surface area (Å²) in [5.41, 5.74) is 0. The van der Waals surface area contributed by atoms with Crippen LogP contribution in [-0.4, -0.2) is 61.0 Å². The van der Waals surface area contributed by atoms with Crippen molar-refractivity contribution in [3.05, 3.63) is 12.4 Å². The minimum Gasteiger partial charge on any atom is -0.394 e. The Labute approximate surface area is 107 Å². The monoisotopic (exact) mass is 277 g/mol. The number of nitrogens with zero attached hydrogens (tertiary/aromatic N) is 3. The van der Waals surface area contributed by atoms with Crippen molar-refractivity contribution in [3.63, 3.8) is 0 Å². The van der Waals surface area contributed by atoms with Crippen LogP contribution in [-0.2, 0) is 21.3 Å². The minimum atomic E-state index is -3.53. The van der Waals surface area contributed by atoms with Crippen molar-refractivity contribution >= 4 is 10.0 Å². The Bertz CT molecular complexity index is 457. The number of ether oxygens (including phenoxy) is 1. The van der Waals surface area contributed by atoms with Gasteiger partial charge in [0.1, 0.15) is 4.90 Å². The van der Waals surface area contributed by atoms with Gasteiger partial charge in [0.05, 0.1) is 26.0 Å². The fourth-order valence-electron chi connectivity index (χ4n) is 1.49. The standard InChI is InChI=1S/C10H19N3O4S/c1-3-13(5-7-17-2)18(15,16)10-8-11-12(9-10)4-6-14/h8-9,14H,3-7H2,1-2H3. The molecule has 0 unspecified atom stereocenters. The Balaban J connectivity index is 2.88. The maximum Gasteiger partial charge on any atom is 0.246 e. The van der Waals surface area contributed by atoms with Gasteiger partial charge >= 0.3 is 0 Å². The lowest BCUT2D eigenvalue weighted by atomic mass is 10.6. The van der Waals surface area contributed by atoms with Crippen LogP contribution in [0, 0.1) is 0 Å². The summed E-state index contributed by atoms with van der Waals surface area (Å²) in [5.74, 6) is 0. The first-order valence-electron chi connectivity index (χ1n) is 5.68. The lowest BCUT2D eigenvalue weighted by molar-refractivity contribution is 0.180. The first kappa shape index (κ1) is 15.1. The molecule has 0 aliphatic heterocycles. The third-order valence-corrected chi connectivity index (χ3v) is 4.40. The fraction of sp³-hybridized carbons (Fsp3) is 0.700. The van der Waals surface area contributed by atoms with E-state index in [2.05, 4.69) is 5.10 Å². The third-order valence-electron chi connectivity index (χ3n) is 2.47. The zero-order valence-electron chi connectivity index (χ0n) is 10.6. The number of aromatic nitrogens is 2. The summed E-state index contributed by atoms with van der Waals surface area (Å²) < 4.78 is 32.1. The first-order chi connectivity index (χ1) is 8.56. The van der Waals surface area contributed by atoms with Crippen molar-refractivity contribution in [2.75, 3.05) is 33.4 Å². The number of likely N-dealkylation sites (N-methyl/N-ethyl adjacent to an activating group) is 1. The molecule has 104 valence electrons. The van der Waals surface area contributed by atoms with Crippen LogP contribution in [0.4, 0.5) is 0 Å². The van der Waals surface area contributed by atoms with Gasteiger partial charge in [-0.3, -0.25) is 4.68 Å². The molecule has 0 amide bonds. The number of methoxy groups -OCH3 is 1. The largest absolute Gasteiger partial charge is 0.394 e. The Hall–Kier alpha value is -0.960. The lowest BCUT2D eigenvalue weighted by Crippen LogP contribution is -2.33. The summed E-state index contributed by atoms with van der Waals surface area (Å²) in [6.07, 6.45) is 2.71. The number of sulfonamides is 1. The van der Waals surface area contributed by atoms with E-state index in [1.54, 1.807) is 6.92 Å². The van der Waals surface area contributed by atoms with Crippen LogP contribution in [0.15, 0.2) is 17.3 Å². The van der Waals surface area contributed by atoms with Gasteiger partial charge in [-0.1, -0.05) is 6.92 Å². The summed E-state index contributed by atoms with van der Waals surface area (Å²) in [6.45, 7) is 2.99. The highest BCUT2D eigenvalue weighted by atomic mass is 32.2. The van der Waals surface area contributed by atoms with Gasteiger partial charge in [0.15, 0.2) is 0 Å². The molecule has 0 radical (unpaired) electrons. The van der Waals surface area contributed by atoms with E-state index >= 15 is 0 Å². The second kappa shape index (κ2) is 6.83. The SMILES string of the molecule is CCN(CCOC)S(=O)(=O)c1cnn(CCO)c1. The van der Waals surface area contributed by atoms with E-state index in [0.29, 0.717) is 19.7 Å². The van der Waals surface area contributed by atoms with E-state index in [1.165, 1.54) is 28.5 Å². The molecule has 0 aromatic carbocycles. The first-order valence-corrected chi connectivity index (χ1v) is 7.12. The predicted octanol–water partition coefficient (Wildman–Crippen LogP) is -0.468. The zero-order valence-corrected chi connectivity index (χ0v) is 11.4. The number of aliphatic hydroxyl groups is 1. The van der Waals surface area contributed by atoms with Crippen LogP contribution < -0.4 is 0 Å². The third kappa shape index (κ3) is 3.52. The maximum absolute atomic E-state index is 12.2. The number of rotatable bonds is 8. The highest BCUT2D eigenvalue weighted by molar-refractivity contribution is 7.89. The molecule has 18 heavy (non-hydrogen) atoms. The predicted molar refractivity (Wildman–Crippen MR) is 65.6 cm³/mol. The van der Waals surface area contributed by atoms with Crippen molar-refractivity contribution < 1.29 is 18.3 Å². The second-order valence-electron chi connectivity index (χ2n) is 3.65. The summed E-state index contributed by atoms with van der Waals surface area (Å²) in [4.78, 5) is 0.133. The van der Waals surface area contributed by atoms with Gasteiger partial charge in [-0.15, -0.1) is 0 Å². The minimum absolute atomic E-state index is 0.0810. The van der Waals surface area contributed by atoms with Crippen molar-refractivity contribution in [3.8, 4) is 0 Å². The molecule has 0 fully saturated rings. The molecule has 0 spiro atoms. The lowest BCUT2D eigenvalue weighted by Gasteiger charge is -2.18. The quantitative estimate of drug-likeness (QED) is 0.694. The van der Waals surface area contributed by atoms with Crippen molar-refractivity contribution in [1.29, 1.82) is 0 Å². The van der Waals surface area contributed by atoms with Crippen molar-refractivity contribution in [2.45, 2.75) is 18.4 Å². The highest BCUT2D eigenvalue weighted by Gasteiger charge is 2.24. The van der Waals surface area contributed by atoms with Gasteiger partial charge in [0.25, 0.3) is 0 Å². The van der Waals surface area contributed by atoms with E-state index in [9.17, 15) is 8.42 Å². The van der Waals surface area contributed by atoms with Gasteiger partial charge in [0, 0.05) is 26.4 Å². The molecule has 0 aliphatic rings. The molecule has 1 heterocycles. The van der Waals surface area contributed by atoms with Crippen LogP contribution in [0.25, 0.3) is 0 Å². The molecule has 1 aromatic heterocycles. The summed E-state index contributed by atoms with van der Waals surface area (Å²) in [7, 11) is -2.00. The molecule has 8 heteroatoms. The second-order valence-corrected chi connectivity index (χ2v) is 5.59. The molecular weight excluding hydrogens is 258 g/mol. The maximum atomic E-state index is 12.2. The topological polar surface area (TPSA) is 84.7 Å². The summed E-state index contributed by atoms with van der Waals surface area (Å²) >= 11 is 0. The van der Waals surface area contributed by atoms with E-state index in [0.717, 1.165) is 0 Å². The van der Waals surface area contributed by atoms with Gasteiger partial charge in [0.2, 0.25) is 10.0 Å². The number of hydrogen-bond acceptors (Lipinski definition) is 5. The van der Waals surface area contributed by atoms with E-state index in [-0.39, 0.29) is 18.0 Å². The average Bonchev–Trinajstić information content (AvgIpc) is 2.79. The van der Waals surface area contributed by atoms with Crippen LogP contribution in [0.1, 0.15) is 6.92 Å². The normalized spacial score (nSPS) is 12.2. The number of aliphatic hydroxyl groups excluding tert-OH is 1. The highest BCUT2D eigenvalue weighted by Crippen LogP contribution is 2.14. The molecule has 1 aromatic rings. The summed E-state index contributed by atoms with van der Waals surface area (Å²) in [5, 5.41) is 12.7. The Morgan fingerprint density at radius 3 is 2.83 bits per heavy atom. The van der Waals surface area contributed by atoms with Crippen LogP contribution in [0.3, 0.4) is 0 Å². The zero-order chi connectivity index (χ0) is 13.6. The molecule has 0 saturated carbocycles. The number of hydrogen-bond donors (Lipinski definition) is 1. The molecule has 0 atom stereocenters. The molecule has 1 N–H and O–H groups in total. The van der Waals surface area contributed by atoms with E-state index < -0.39 is 10.0 Å². The fourth-order valence-corrected chi connectivity index (χ4v) is 2.88. The van der Waals surface area contributed by atoms with E-state index in [4.69, 9.17) is 9.84 Å². The molecule has 1 rings (SSSR count). The molecule has 7 nitrogen and oxygen atoms in total. The molecular formula is C10H19N3O4S. The molecule has 0 aliphatic carbocycles. The van der Waals surface area contributed by atoms with Gasteiger partial charge < -0.3 is 9.84 Å². The Morgan fingerprint density at radius 2 is 2.28 bits per heavy atom. The van der Waals surface area contributed by atoms with Crippen molar-refractivity contribution in [2.24, 2.45) is 0 Å². The molecule has 0 bridgehead atoms. The van der Waals surface area contributed by atoms with Gasteiger partial charge in [-0.25, -0.2) is 8.42 Å². The Morgan fingerprint density at radius 1 is 1.56 bits per heavy atom. The van der Waals surface area contributed by atoms with Crippen LogP contribution >= 0.6 is 0 Å². The van der Waals surface area contributed by atoms with Gasteiger partial charge in [-0.05, 0) is 0 Å². The van der Waals surface area contributed by atoms with Crippen molar-refractivity contribution in [1.82, 2.24) is 14.1 Å². The molecule has 0 saturated heterocycles. The van der Waals surface area contributed by atoms with Gasteiger partial charge in [-0.2, -0.15) is 9.40 Å². The average molecular weight is 277 g/mol. The van der Waals surface area contributed by atoms with Crippen LogP contribution in [0.5, 0.6) is 0 Å². The Kier molecular flexibility index (Phi) is 5.73. The van der Waals surface area contributed by atoms with Crippen LogP contribution in [0.2, 0.25) is 0 Å².